The van der Waals surface area contributed by atoms with Crippen LogP contribution in [0.4, 0.5) is 5.69 Å². The van der Waals surface area contributed by atoms with Crippen LogP contribution in [0.1, 0.15) is 37.7 Å². The zero-order valence-electron chi connectivity index (χ0n) is 17.1. The van der Waals surface area contributed by atoms with Crippen molar-refractivity contribution in [1.82, 2.24) is 4.90 Å². The van der Waals surface area contributed by atoms with Crippen LogP contribution in [0.2, 0.25) is 0 Å². The molecule has 29 heavy (non-hydrogen) atoms. The summed E-state index contributed by atoms with van der Waals surface area (Å²) in [7, 11) is 0. The van der Waals surface area contributed by atoms with E-state index in [0.717, 1.165) is 31.5 Å². The second kappa shape index (κ2) is 11.8. The Morgan fingerprint density at radius 2 is 1.69 bits per heavy atom. The van der Waals surface area contributed by atoms with Crippen LogP contribution in [0.15, 0.2) is 24.3 Å². The Balaban J connectivity index is 0.00000150. The highest BCUT2D eigenvalue weighted by molar-refractivity contribution is 7.99. The van der Waals surface area contributed by atoms with Crippen LogP contribution in [0.25, 0.3) is 0 Å². The smallest absolute Gasteiger partial charge is 0.227 e. The number of carbonyl (C=O) groups excluding carboxylic acids is 1. The standard InChI is InChI=1S/C22H33N3OS.2ClH/c23-21-17-2-1-3-18(21)15-19(14-17)22(26)24-20-6-4-16(5-7-20)8-9-25-10-12-27-13-11-25;;/h4-7,17-19,21H,1-3,8-15,23H2,(H,24,26);2*1H. The van der Waals surface area contributed by atoms with Gasteiger partial charge in [0, 0.05) is 48.8 Å². The molecule has 2 bridgehead atoms. The number of rotatable bonds is 5. The zero-order chi connectivity index (χ0) is 18.6. The van der Waals surface area contributed by atoms with Gasteiger partial charge in [0.05, 0.1) is 0 Å². The maximum absolute atomic E-state index is 12.8. The molecule has 4 rings (SSSR count). The van der Waals surface area contributed by atoms with Crippen molar-refractivity contribution in [2.45, 2.75) is 44.6 Å². The molecule has 1 heterocycles. The second-order valence-corrected chi connectivity index (χ2v) is 9.81. The molecule has 3 aliphatic rings. The van der Waals surface area contributed by atoms with Gasteiger partial charge in [-0.3, -0.25) is 4.79 Å². The van der Waals surface area contributed by atoms with Gasteiger partial charge in [0.2, 0.25) is 5.91 Å². The van der Waals surface area contributed by atoms with E-state index in [2.05, 4.69) is 46.2 Å². The Morgan fingerprint density at radius 1 is 1.07 bits per heavy atom. The Kier molecular flexibility index (Phi) is 10.1. The quantitative estimate of drug-likeness (QED) is 0.691. The molecule has 4 nitrogen and oxygen atoms in total. The van der Waals surface area contributed by atoms with E-state index in [1.165, 1.54) is 49.4 Å². The van der Waals surface area contributed by atoms with E-state index in [4.69, 9.17) is 5.73 Å². The van der Waals surface area contributed by atoms with Crippen molar-refractivity contribution < 1.29 is 4.79 Å². The minimum Gasteiger partial charge on any atom is -0.327 e. The summed E-state index contributed by atoms with van der Waals surface area (Å²) in [5.74, 6) is 3.94. The van der Waals surface area contributed by atoms with E-state index in [1.807, 2.05) is 0 Å². The molecule has 0 aromatic heterocycles. The molecule has 1 aromatic carbocycles. The molecule has 1 amide bonds. The minimum absolute atomic E-state index is 0. The summed E-state index contributed by atoms with van der Waals surface area (Å²) < 4.78 is 0. The predicted molar refractivity (Wildman–Crippen MR) is 129 cm³/mol. The molecule has 2 saturated carbocycles. The highest BCUT2D eigenvalue weighted by Crippen LogP contribution is 2.42. The first-order valence-corrected chi connectivity index (χ1v) is 11.8. The minimum atomic E-state index is 0. The number of fused-ring (bicyclic) bond motifs is 2. The van der Waals surface area contributed by atoms with Gasteiger partial charge in [-0.2, -0.15) is 11.8 Å². The summed E-state index contributed by atoms with van der Waals surface area (Å²) in [5.41, 5.74) is 8.64. The van der Waals surface area contributed by atoms with E-state index >= 15 is 0 Å². The number of nitrogens with two attached hydrogens (primary N) is 1. The molecule has 2 atom stereocenters. The number of benzene rings is 1. The first-order chi connectivity index (χ1) is 13.2. The van der Waals surface area contributed by atoms with E-state index in [0.29, 0.717) is 17.9 Å². The Morgan fingerprint density at radius 3 is 2.31 bits per heavy atom. The number of nitrogens with zero attached hydrogens (tertiary/aromatic N) is 1. The van der Waals surface area contributed by atoms with Gasteiger partial charge in [0.1, 0.15) is 0 Å². The highest BCUT2D eigenvalue weighted by atomic mass is 35.5. The van der Waals surface area contributed by atoms with Crippen molar-refractivity contribution in [3.8, 4) is 0 Å². The normalized spacial score (nSPS) is 29.3. The molecule has 1 saturated heterocycles. The van der Waals surface area contributed by atoms with Gasteiger partial charge in [0.25, 0.3) is 0 Å². The molecule has 164 valence electrons. The largest absolute Gasteiger partial charge is 0.327 e. The van der Waals surface area contributed by atoms with E-state index in [9.17, 15) is 4.79 Å². The number of amides is 1. The van der Waals surface area contributed by atoms with Gasteiger partial charge >= 0.3 is 0 Å². The maximum atomic E-state index is 12.8. The summed E-state index contributed by atoms with van der Waals surface area (Å²) >= 11 is 2.06. The first-order valence-electron chi connectivity index (χ1n) is 10.6. The van der Waals surface area contributed by atoms with Crippen LogP contribution in [-0.2, 0) is 11.2 Å². The third kappa shape index (κ3) is 6.51. The zero-order valence-corrected chi connectivity index (χ0v) is 19.5. The molecule has 1 aliphatic heterocycles. The number of thioether (sulfide) groups is 1. The Hall–Kier alpha value is -0.460. The Labute approximate surface area is 191 Å². The highest BCUT2D eigenvalue weighted by Gasteiger charge is 2.40. The predicted octanol–water partition coefficient (Wildman–Crippen LogP) is 4.21. The van der Waals surface area contributed by atoms with Gasteiger partial charge in [-0.25, -0.2) is 0 Å². The molecule has 0 spiro atoms. The lowest BCUT2D eigenvalue weighted by Gasteiger charge is -2.43. The number of carbonyl (C=O) groups is 1. The summed E-state index contributed by atoms with van der Waals surface area (Å²) in [6.07, 6.45) is 6.71. The number of anilines is 1. The summed E-state index contributed by atoms with van der Waals surface area (Å²) in [4.78, 5) is 15.3. The molecule has 2 unspecified atom stereocenters. The van der Waals surface area contributed by atoms with Crippen molar-refractivity contribution in [2.75, 3.05) is 36.5 Å². The van der Waals surface area contributed by atoms with Crippen molar-refractivity contribution in [3.63, 3.8) is 0 Å². The van der Waals surface area contributed by atoms with Crippen LogP contribution in [0.5, 0.6) is 0 Å². The lowest BCUT2D eigenvalue weighted by Crippen LogP contribution is -2.48. The maximum Gasteiger partial charge on any atom is 0.227 e. The van der Waals surface area contributed by atoms with Gasteiger partial charge in [-0.1, -0.05) is 18.6 Å². The van der Waals surface area contributed by atoms with E-state index in [-0.39, 0.29) is 36.6 Å². The summed E-state index contributed by atoms with van der Waals surface area (Å²) in [6, 6.07) is 8.78. The van der Waals surface area contributed by atoms with Crippen molar-refractivity contribution in [2.24, 2.45) is 23.5 Å². The fourth-order valence-corrected chi connectivity index (χ4v) is 6.09. The topological polar surface area (TPSA) is 58.4 Å². The first kappa shape index (κ1) is 24.8. The van der Waals surface area contributed by atoms with Crippen LogP contribution in [0, 0.1) is 17.8 Å². The fourth-order valence-electron chi connectivity index (χ4n) is 5.11. The van der Waals surface area contributed by atoms with Gasteiger partial charge < -0.3 is 16.0 Å². The second-order valence-electron chi connectivity index (χ2n) is 8.59. The monoisotopic (exact) mass is 459 g/mol. The van der Waals surface area contributed by atoms with Crippen LogP contribution in [-0.4, -0.2) is 48.0 Å². The number of hydrogen-bond acceptors (Lipinski definition) is 4. The average Bonchev–Trinajstić information content (AvgIpc) is 2.68. The third-order valence-corrected chi connectivity index (χ3v) is 7.77. The molecule has 0 radical (unpaired) electrons. The van der Waals surface area contributed by atoms with E-state index < -0.39 is 0 Å². The molecular formula is C22H35Cl2N3OS. The molecule has 7 heteroatoms. The summed E-state index contributed by atoms with van der Waals surface area (Å²) in [5, 5.41) is 3.16. The lowest BCUT2D eigenvalue weighted by molar-refractivity contribution is -0.122. The van der Waals surface area contributed by atoms with Crippen LogP contribution in [0.3, 0.4) is 0 Å². The van der Waals surface area contributed by atoms with E-state index in [1.54, 1.807) is 0 Å². The van der Waals surface area contributed by atoms with Crippen molar-refractivity contribution in [3.05, 3.63) is 29.8 Å². The number of nitrogens with one attached hydrogen (secondary N) is 1. The molecule has 3 fully saturated rings. The molecule has 2 aliphatic carbocycles. The van der Waals surface area contributed by atoms with Crippen molar-refractivity contribution >= 4 is 48.2 Å². The fraction of sp³-hybridized carbons (Fsp3) is 0.682. The van der Waals surface area contributed by atoms with Crippen LogP contribution < -0.4 is 11.1 Å². The van der Waals surface area contributed by atoms with Gasteiger partial charge in [0.15, 0.2) is 0 Å². The number of halogens is 2. The van der Waals surface area contributed by atoms with Gasteiger partial charge in [-0.15, -0.1) is 24.8 Å². The third-order valence-electron chi connectivity index (χ3n) is 6.83. The molecule has 3 N–H and O–H groups in total. The molecular weight excluding hydrogens is 425 g/mol. The SMILES string of the molecule is Cl.Cl.NC1C2CCCC1CC(C(=O)Nc1ccc(CCN3CCSCC3)cc1)C2. The lowest BCUT2D eigenvalue weighted by atomic mass is 9.65. The summed E-state index contributed by atoms with van der Waals surface area (Å²) in [6.45, 7) is 3.56. The Bertz CT molecular complexity index is 625. The number of hydrogen-bond donors (Lipinski definition) is 2. The average molecular weight is 461 g/mol. The van der Waals surface area contributed by atoms with Crippen LogP contribution >= 0.6 is 36.6 Å². The van der Waals surface area contributed by atoms with Crippen molar-refractivity contribution in [1.29, 1.82) is 0 Å². The molecule has 1 aromatic rings. The van der Waals surface area contributed by atoms with Gasteiger partial charge in [-0.05, 0) is 61.6 Å².